The molecule has 138 valence electrons. The highest BCUT2D eigenvalue weighted by Gasteiger charge is 2.30. The summed E-state index contributed by atoms with van der Waals surface area (Å²) in [4.78, 5) is 12.7. The van der Waals surface area contributed by atoms with Gasteiger partial charge in [-0.05, 0) is 48.6 Å². The predicted octanol–water partition coefficient (Wildman–Crippen LogP) is 5.05. The summed E-state index contributed by atoms with van der Waals surface area (Å²) in [5, 5.41) is 3.42. The Kier molecular flexibility index (Phi) is 4.51. The molecule has 1 unspecified atom stereocenters. The van der Waals surface area contributed by atoms with Crippen LogP contribution in [0, 0.1) is 0 Å². The highest BCUT2D eigenvalue weighted by atomic mass is 19.4. The smallest absolute Gasteiger partial charge is 0.363 e. The first-order chi connectivity index (χ1) is 13.0. The fourth-order valence-electron chi connectivity index (χ4n) is 3.39. The van der Waals surface area contributed by atoms with Gasteiger partial charge in [-0.15, -0.1) is 0 Å². The number of fused-ring (bicyclic) bond motifs is 1. The molecule has 1 atom stereocenters. The number of hydrogen-bond acceptors (Lipinski definition) is 4. The molecule has 4 rings (SSSR count). The predicted molar refractivity (Wildman–Crippen MR) is 96.0 cm³/mol. The van der Waals surface area contributed by atoms with E-state index in [1.54, 1.807) is 12.3 Å². The molecule has 0 bridgehead atoms. The second-order valence-corrected chi connectivity index (χ2v) is 6.53. The van der Waals surface area contributed by atoms with E-state index in [9.17, 15) is 13.2 Å². The van der Waals surface area contributed by atoms with Crippen LogP contribution in [0.15, 0.2) is 55.1 Å². The highest BCUT2D eigenvalue weighted by molar-refractivity contribution is 5.62. The molecule has 27 heavy (non-hydrogen) atoms. The number of halogens is 3. The van der Waals surface area contributed by atoms with Crippen molar-refractivity contribution in [2.75, 3.05) is 5.32 Å². The fourth-order valence-corrected chi connectivity index (χ4v) is 3.39. The van der Waals surface area contributed by atoms with E-state index < -0.39 is 11.7 Å². The van der Waals surface area contributed by atoms with Gasteiger partial charge >= 0.3 is 6.18 Å². The van der Waals surface area contributed by atoms with E-state index in [0.29, 0.717) is 17.1 Å². The molecule has 0 spiro atoms. The topological polar surface area (TPSA) is 50.7 Å². The molecule has 0 radical (unpaired) electrons. The van der Waals surface area contributed by atoms with Crippen LogP contribution in [-0.2, 0) is 12.6 Å². The Morgan fingerprint density at radius 2 is 1.85 bits per heavy atom. The molecule has 0 aliphatic heterocycles. The zero-order valence-electron chi connectivity index (χ0n) is 14.4. The highest BCUT2D eigenvalue weighted by Crippen LogP contribution is 2.33. The summed E-state index contributed by atoms with van der Waals surface area (Å²) in [6.07, 6.45) is 3.82. The molecule has 2 heterocycles. The van der Waals surface area contributed by atoms with Gasteiger partial charge in [0.05, 0.1) is 17.3 Å². The van der Waals surface area contributed by atoms with Crippen molar-refractivity contribution in [3.8, 4) is 11.3 Å². The number of rotatable bonds is 3. The first kappa shape index (κ1) is 17.5. The van der Waals surface area contributed by atoms with Gasteiger partial charge in [-0.3, -0.25) is 4.98 Å². The van der Waals surface area contributed by atoms with Gasteiger partial charge in [-0.25, -0.2) is 9.97 Å². The van der Waals surface area contributed by atoms with Gasteiger partial charge in [0.15, 0.2) is 0 Å². The van der Waals surface area contributed by atoms with Gasteiger partial charge in [0.1, 0.15) is 12.1 Å². The Balaban J connectivity index is 1.57. The van der Waals surface area contributed by atoms with Crippen LogP contribution in [0.1, 0.15) is 35.6 Å². The van der Waals surface area contributed by atoms with Crippen LogP contribution in [0.5, 0.6) is 0 Å². The van der Waals surface area contributed by atoms with E-state index in [4.69, 9.17) is 0 Å². The zero-order chi connectivity index (χ0) is 18.9. The number of nitrogens with zero attached hydrogens (tertiary/aromatic N) is 3. The van der Waals surface area contributed by atoms with E-state index >= 15 is 0 Å². The average Bonchev–Trinajstić information content (AvgIpc) is 2.68. The van der Waals surface area contributed by atoms with Crippen LogP contribution in [0.3, 0.4) is 0 Å². The number of hydrogen-bond donors (Lipinski definition) is 1. The number of aromatic nitrogens is 3. The van der Waals surface area contributed by atoms with Crippen molar-refractivity contribution < 1.29 is 13.2 Å². The van der Waals surface area contributed by atoms with Crippen molar-refractivity contribution in [2.45, 2.75) is 31.5 Å². The molecule has 2 aromatic heterocycles. The van der Waals surface area contributed by atoms with Crippen molar-refractivity contribution in [3.05, 3.63) is 71.8 Å². The van der Waals surface area contributed by atoms with Crippen molar-refractivity contribution >= 4 is 5.82 Å². The van der Waals surface area contributed by atoms with E-state index in [1.807, 2.05) is 12.3 Å². The minimum atomic E-state index is -4.35. The van der Waals surface area contributed by atoms with E-state index in [1.165, 1.54) is 29.6 Å². The quantitative estimate of drug-likeness (QED) is 0.701. The number of aryl methyl sites for hydroxylation is 1. The number of benzene rings is 1. The first-order valence-corrected chi connectivity index (χ1v) is 8.70. The largest absolute Gasteiger partial charge is 0.416 e. The molecule has 0 amide bonds. The Morgan fingerprint density at radius 1 is 1.04 bits per heavy atom. The van der Waals surface area contributed by atoms with Gasteiger partial charge in [0.25, 0.3) is 0 Å². The van der Waals surface area contributed by atoms with Crippen molar-refractivity contribution in [3.63, 3.8) is 0 Å². The second kappa shape index (κ2) is 6.98. The third-order valence-electron chi connectivity index (χ3n) is 4.75. The number of pyridine rings is 1. The van der Waals surface area contributed by atoms with E-state index in [0.717, 1.165) is 31.4 Å². The zero-order valence-corrected chi connectivity index (χ0v) is 14.4. The third-order valence-corrected chi connectivity index (χ3v) is 4.75. The number of alkyl halides is 3. The lowest BCUT2D eigenvalue weighted by Crippen LogP contribution is -2.18. The van der Waals surface area contributed by atoms with Crippen LogP contribution in [-0.4, -0.2) is 15.0 Å². The van der Waals surface area contributed by atoms with Crippen molar-refractivity contribution in [1.82, 2.24) is 15.0 Å². The van der Waals surface area contributed by atoms with Gasteiger partial charge in [0, 0.05) is 24.0 Å². The maximum Gasteiger partial charge on any atom is 0.416 e. The molecule has 0 saturated heterocycles. The summed E-state index contributed by atoms with van der Waals surface area (Å²) < 4.78 is 38.2. The van der Waals surface area contributed by atoms with E-state index in [2.05, 4.69) is 20.3 Å². The Hall–Kier alpha value is -2.96. The van der Waals surface area contributed by atoms with Gasteiger partial charge in [-0.2, -0.15) is 13.2 Å². The molecule has 0 fully saturated rings. The lowest BCUT2D eigenvalue weighted by Gasteiger charge is -2.26. The molecular formula is C20H17F3N4. The monoisotopic (exact) mass is 370 g/mol. The van der Waals surface area contributed by atoms with E-state index in [-0.39, 0.29) is 6.04 Å². The van der Waals surface area contributed by atoms with Crippen molar-refractivity contribution in [1.29, 1.82) is 0 Å². The van der Waals surface area contributed by atoms with Crippen LogP contribution >= 0.6 is 0 Å². The minimum absolute atomic E-state index is 0.132. The standard InChI is InChI=1S/C20H17F3N4/c21-20(22,23)15-6-4-13(5-7-15)18-10-19(26-12-25-18)27-17-3-1-2-14-11-24-9-8-16(14)17/h4-12,17H,1-3H2,(H,25,26,27). The molecule has 0 saturated carbocycles. The molecule has 1 N–H and O–H groups in total. The normalized spacial score (nSPS) is 16.6. The summed E-state index contributed by atoms with van der Waals surface area (Å²) in [6, 6.07) is 8.89. The minimum Gasteiger partial charge on any atom is -0.363 e. The number of anilines is 1. The SMILES string of the molecule is FC(F)(F)c1ccc(-c2cc(NC3CCCc4cnccc43)ncn2)cc1. The molecule has 1 aliphatic carbocycles. The van der Waals surface area contributed by atoms with Crippen LogP contribution < -0.4 is 5.32 Å². The maximum atomic E-state index is 12.7. The molecule has 1 aliphatic rings. The lowest BCUT2D eigenvalue weighted by atomic mass is 9.89. The molecule has 4 nitrogen and oxygen atoms in total. The Bertz CT molecular complexity index is 938. The van der Waals surface area contributed by atoms with Crippen LogP contribution in [0.4, 0.5) is 19.0 Å². The van der Waals surface area contributed by atoms with Gasteiger partial charge < -0.3 is 5.32 Å². The summed E-state index contributed by atoms with van der Waals surface area (Å²) >= 11 is 0. The molecule has 7 heteroatoms. The summed E-state index contributed by atoms with van der Waals surface area (Å²) in [6.45, 7) is 0. The first-order valence-electron chi connectivity index (χ1n) is 8.70. The van der Waals surface area contributed by atoms with Gasteiger partial charge in [0.2, 0.25) is 0 Å². The van der Waals surface area contributed by atoms with Crippen LogP contribution in [0.2, 0.25) is 0 Å². The molecule has 1 aromatic carbocycles. The second-order valence-electron chi connectivity index (χ2n) is 6.53. The molecule has 3 aromatic rings. The summed E-state index contributed by atoms with van der Waals surface area (Å²) in [5.74, 6) is 0.648. The average molecular weight is 370 g/mol. The Labute approximate surface area is 154 Å². The van der Waals surface area contributed by atoms with Gasteiger partial charge in [-0.1, -0.05) is 12.1 Å². The Morgan fingerprint density at radius 3 is 2.63 bits per heavy atom. The maximum absolute atomic E-state index is 12.7. The lowest BCUT2D eigenvalue weighted by molar-refractivity contribution is -0.137. The number of nitrogens with one attached hydrogen (secondary N) is 1. The summed E-state index contributed by atoms with van der Waals surface area (Å²) in [7, 11) is 0. The summed E-state index contributed by atoms with van der Waals surface area (Å²) in [5.41, 5.74) is 2.96. The van der Waals surface area contributed by atoms with Crippen molar-refractivity contribution in [2.24, 2.45) is 0 Å². The third kappa shape index (κ3) is 3.77. The molecular weight excluding hydrogens is 353 g/mol. The fraction of sp³-hybridized carbons (Fsp3) is 0.250. The van der Waals surface area contributed by atoms with Crippen LogP contribution in [0.25, 0.3) is 11.3 Å².